The van der Waals surface area contributed by atoms with Crippen molar-refractivity contribution < 1.29 is 9.84 Å². The van der Waals surface area contributed by atoms with Crippen LogP contribution < -0.4 is 10.1 Å². The Labute approximate surface area is 121 Å². The van der Waals surface area contributed by atoms with Crippen LogP contribution in [0.15, 0.2) is 18.2 Å². The molecule has 110 valence electrons. The molecule has 1 aromatic rings. The number of rotatable bonds is 4. The first kappa shape index (κ1) is 13.7. The maximum absolute atomic E-state index is 9.53. The summed E-state index contributed by atoms with van der Waals surface area (Å²) in [4.78, 5) is 0. The van der Waals surface area contributed by atoms with Gasteiger partial charge >= 0.3 is 0 Å². The van der Waals surface area contributed by atoms with Gasteiger partial charge in [0.1, 0.15) is 17.6 Å². The molecular weight excluding hydrogens is 250 g/mol. The fraction of sp³-hybridized carbons (Fsp3) is 0.647. The molecule has 0 unspecified atom stereocenters. The zero-order valence-electron chi connectivity index (χ0n) is 12.1. The van der Waals surface area contributed by atoms with Crippen LogP contribution in [-0.4, -0.2) is 24.3 Å². The minimum absolute atomic E-state index is 0.243. The predicted octanol–water partition coefficient (Wildman–Crippen LogP) is 3.26. The molecular formula is C17H25NO2. The second kappa shape index (κ2) is 6.49. The third kappa shape index (κ3) is 3.45. The van der Waals surface area contributed by atoms with Crippen LogP contribution in [0, 0.1) is 5.92 Å². The van der Waals surface area contributed by atoms with E-state index in [1.165, 1.54) is 37.7 Å². The van der Waals surface area contributed by atoms with E-state index in [1.54, 1.807) is 12.1 Å². The third-order valence-electron chi connectivity index (χ3n) is 4.61. The summed E-state index contributed by atoms with van der Waals surface area (Å²) >= 11 is 0. The van der Waals surface area contributed by atoms with Gasteiger partial charge in [0, 0.05) is 12.6 Å². The van der Waals surface area contributed by atoms with E-state index >= 15 is 0 Å². The van der Waals surface area contributed by atoms with E-state index in [0.29, 0.717) is 5.75 Å². The fourth-order valence-electron chi connectivity index (χ4n) is 3.40. The predicted molar refractivity (Wildman–Crippen MR) is 80.3 cm³/mol. The molecule has 1 aliphatic carbocycles. The highest BCUT2D eigenvalue weighted by Crippen LogP contribution is 2.30. The van der Waals surface area contributed by atoms with Crippen LogP contribution in [0.2, 0.25) is 0 Å². The van der Waals surface area contributed by atoms with Gasteiger partial charge in [-0.15, -0.1) is 0 Å². The Balaban J connectivity index is 1.45. The first-order valence-corrected chi connectivity index (χ1v) is 8.00. The number of hydrogen-bond acceptors (Lipinski definition) is 3. The average Bonchev–Trinajstić information content (AvgIpc) is 2.48. The number of phenolic OH excluding ortho intramolecular Hbond substituents is 1. The summed E-state index contributed by atoms with van der Waals surface area (Å²) in [6, 6.07) is 5.45. The average molecular weight is 275 g/mol. The molecule has 0 spiro atoms. The van der Waals surface area contributed by atoms with Gasteiger partial charge in [-0.2, -0.15) is 0 Å². The van der Waals surface area contributed by atoms with Crippen molar-refractivity contribution in [1.82, 2.24) is 5.32 Å². The molecule has 1 atom stereocenters. The van der Waals surface area contributed by atoms with Crippen molar-refractivity contribution in [3.8, 4) is 11.5 Å². The normalized spacial score (nSPS) is 23.1. The number of phenols is 1. The quantitative estimate of drug-likeness (QED) is 0.886. The van der Waals surface area contributed by atoms with Gasteiger partial charge in [-0.1, -0.05) is 25.3 Å². The lowest BCUT2D eigenvalue weighted by Gasteiger charge is -2.28. The summed E-state index contributed by atoms with van der Waals surface area (Å²) in [5, 5.41) is 13.1. The van der Waals surface area contributed by atoms with Crippen LogP contribution in [0.3, 0.4) is 0 Å². The van der Waals surface area contributed by atoms with Gasteiger partial charge in [0.2, 0.25) is 0 Å². The van der Waals surface area contributed by atoms with E-state index < -0.39 is 0 Å². The zero-order valence-corrected chi connectivity index (χ0v) is 12.1. The highest BCUT2D eigenvalue weighted by Gasteiger charge is 2.20. The minimum Gasteiger partial charge on any atom is -0.508 e. The van der Waals surface area contributed by atoms with Crippen molar-refractivity contribution in [1.29, 1.82) is 0 Å². The number of ether oxygens (including phenoxy) is 1. The lowest BCUT2D eigenvalue weighted by atomic mass is 9.89. The Kier molecular flexibility index (Phi) is 4.46. The van der Waals surface area contributed by atoms with E-state index in [2.05, 4.69) is 5.32 Å². The second-order valence-corrected chi connectivity index (χ2v) is 6.23. The molecule has 0 aromatic heterocycles. The van der Waals surface area contributed by atoms with Crippen LogP contribution in [0.5, 0.6) is 11.5 Å². The van der Waals surface area contributed by atoms with Gasteiger partial charge in [-0.25, -0.2) is 0 Å². The molecule has 3 nitrogen and oxygen atoms in total. The summed E-state index contributed by atoms with van der Waals surface area (Å²) in [5.41, 5.74) is 1.21. The molecule has 1 aliphatic heterocycles. The number of aromatic hydroxyl groups is 1. The van der Waals surface area contributed by atoms with Crippen LogP contribution >= 0.6 is 0 Å². The number of aryl methyl sites for hydroxylation is 1. The number of benzene rings is 1. The summed E-state index contributed by atoms with van der Waals surface area (Å²) in [6.07, 6.45) is 9.35. The molecule has 20 heavy (non-hydrogen) atoms. The van der Waals surface area contributed by atoms with E-state index in [9.17, 15) is 5.11 Å². The van der Waals surface area contributed by atoms with Crippen LogP contribution in [0.4, 0.5) is 0 Å². The Morgan fingerprint density at radius 1 is 1.10 bits per heavy atom. The molecule has 1 fully saturated rings. The van der Waals surface area contributed by atoms with E-state index in [4.69, 9.17) is 4.74 Å². The first-order chi connectivity index (χ1) is 9.81. The van der Waals surface area contributed by atoms with E-state index in [1.807, 2.05) is 6.07 Å². The Hall–Kier alpha value is -1.22. The topological polar surface area (TPSA) is 41.5 Å². The zero-order chi connectivity index (χ0) is 13.8. The first-order valence-electron chi connectivity index (χ1n) is 8.00. The van der Waals surface area contributed by atoms with Crippen LogP contribution in [0.25, 0.3) is 0 Å². The van der Waals surface area contributed by atoms with Crippen molar-refractivity contribution in [2.24, 2.45) is 5.92 Å². The van der Waals surface area contributed by atoms with Crippen molar-refractivity contribution in [2.75, 3.05) is 13.1 Å². The second-order valence-electron chi connectivity index (χ2n) is 6.23. The highest BCUT2D eigenvalue weighted by atomic mass is 16.5. The van der Waals surface area contributed by atoms with Crippen LogP contribution in [-0.2, 0) is 6.42 Å². The summed E-state index contributed by atoms with van der Waals surface area (Å²) < 4.78 is 5.98. The van der Waals surface area contributed by atoms with Gasteiger partial charge in [-0.3, -0.25) is 0 Å². The smallest absolute Gasteiger partial charge is 0.126 e. The van der Waals surface area contributed by atoms with E-state index in [-0.39, 0.29) is 6.10 Å². The molecule has 0 bridgehead atoms. The molecule has 3 heteroatoms. The van der Waals surface area contributed by atoms with Crippen molar-refractivity contribution in [3.63, 3.8) is 0 Å². The number of hydrogen-bond donors (Lipinski definition) is 2. The molecule has 1 saturated carbocycles. The van der Waals surface area contributed by atoms with Gasteiger partial charge < -0.3 is 15.2 Å². The third-order valence-corrected chi connectivity index (χ3v) is 4.61. The Bertz CT molecular complexity index is 441. The lowest BCUT2D eigenvalue weighted by molar-refractivity contribution is 0.166. The van der Waals surface area contributed by atoms with Crippen LogP contribution in [0.1, 0.15) is 44.1 Å². The SMILES string of the molecule is Oc1ccc2c(c1)O[C@H](CNCC1CCCCC1)CC2. The van der Waals surface area contributed by atoms with Gasteiger partial charge in [-0.05, 0) is 49.8 Å². The standard InChI is InChI=1S/C17H25NO2/c19-15-8-6-14-7-9-16(20-17(14)10-15)12-18-11-13-4-2-1-3-5-13/h6,8,10,13,16,18-19H,1-5,7,9,11-12H2/t16-/m0/s1. The Morgan fingerprint density at radius 3 is 2.80 bits per heavy atom. The van der Waals surface area contributed by atoms with Gasteiger partial charge in [0.15, 0.2) is 0 Å². The Morgan fingerprint density at radius 2 is 1.95 bits per heavy atom. The van der Waals surface area contributed by atoms with Gasteiger partial charge in [0.25, 0.3) is 0 Å². The van der Waals surface area contributed by atoms with Gasteiger partial charge in [0.05, 0.1) is 0 Å². The molecule has 0 radical (unpaired) electrons. The van der Waals surface area contributed by atoms with E-state index in [0.717, 1.165) is 37.6 Å². The maximum atomic E-state index is 9.53. The molecule has 1 aromatic carbocycles. The van der Waals surface area contributed by atoms with Crippen molar-refractivity contribution >= 4 is 0 Å². The minimum atomic E-state index is 0.243. The van der Waals surface area contributed by atoms with Crippen molar-refractivity contribution in [2.45, 2.75) is 51.0 Å². The molecule has 3 rings (SSSR count). The molecule has 2 N–H and O–H groups in total. The molecule has 0 amide bonds. The summed E-state index contributed by atoms with van der Waals surface area (Å²) in [7, 11) is 0. The van der Waals surface area contributed by atoms with Crippen molar-refractivity contribution in [3.05, 3.63) is 23.8 Å². The lowest BCUT2D eigenvalue weighted by Crippen LogP contribution is -2.36. The number of fused-ring (bicyclic) bond motifs is 1. The largest absolute Gasteiger partial charge is 0.508 e. The molecule has 0 saturated heterocycles. The number of nitrogens with one attached hydrogen (secondary N) is 1. The maximum Gasteiger partial charge on any atom is 0.126 e. The summed E-state index contributed by atoms with van der Waals surface area (Å²) in [6.45, 7) is 2.05. The highest BCUT2D eigenvalue weighted by molar-refractivity contribution is 5.41. The fourth-order valence-corrected chi connectivity index (χ4v) is 3.40. The molecule has 1 heterocycles. The monoisotopic (exact) mass is 275 g/mol. The molecule has 2 aliphatic rings. The summed E-state index contributed by atoms with van der Waals surface area (Å²) in [5.74, 6) is 2.02.